The Bertz CT molecular complexity index is 551. The van der Waals surface area contributed by atoms with Gasteiger partial charge in [0.2, 0.25) is 0 Å². The summed E-state index contributed by atoms with van der Waals surface area (Å²) >= 11 is 17.9. The third-order valence-electron chi connectivity index (χ3n) is 2.50. The van der Waals surface area contributed by atoms with Crippen LogP contribution in [0.2, 0.25) is 15.1 Å². The van der Waals surface area contributed by atoms with Gasteiger partial charge in [0.05, 0.1) is 27.0 Å². The molecule has 0 aliphatic rings. The van der Waals surface area contributed by atoms with Gasteiger partial charge in [-0.2, -0.15) is 5.10 Å². The molecule has 18 heavy (non-hydrogen) atoms. The van der Waals surface area contributed by atoms with Crippen LogP contribution in [0, 0.1) is 0 Å². The molecule has 0 saturated carbocycles. The first-order valence-corrected chi connectivity index (χ1v) is 6.55. The van der Waals surface area contributed by atoms with Gasteiger partial charge in [-0.05, 0) is 24.1 Å². The fourth-order valence-corrected chi connectivity index (χ4v) is 2.21. The highest BCUT2D eigenvalue weighted by atomic mass is 35.5. The van der Waals surface area contributed by atoms with E-state index in [1.807, 2.05) is 19.4 Å². The van der Waals surface area contributed by atoms with E-state index < -0.39 is 0 Å². The summed E-state index contributed by atoms with van der Waals surface area (Å²) < 4.78 is 1.78. The van der Waals surface area contributed by atoms with Crippen LogP contribution in [0.15, 0.2) is 24.5 Å². The molecule has 0 spiro atoms. The lowest BCUT2D eigenvalue weighted by Gasteiger charge is -2.09. The lowest BCUT2D eigenvalue weighted by atomic mass is 10.2. The van der Waals surface area contributed by atoms with Gasteiger partial charge in [-0.3, -0.25) is 4.68 Å². The number of anilines is 1. The van der Waals surface area contributed by atoms with Crippen LogP contribution in [-0.4, -0.2) is 16.3 Å². The second kappa shape index (κ2) is 5.83. The molecule has 1 heterocycles. The van der Waals surface area contributed by atoms with E-state index in [2.05, 4.69) is 10.4 Å². The highest BCUT2D eigenvalue weighted by Gasteiger charge is 2.05. The Morgan fingerprint density at radius 1 is 1.17 bits per heavy atom. The Morgan fingerprint density at radius 2 is 1.89 bits per heavy atom. The number of aryl methyl sites for hydroxylation is 1. The lowest BCUT2D eigenvalue weighted by Crippen LogP contribution is -2.04. The topological polar surface area (TPSA) is 29.9 Å². The summed E-state index contributed by atoms with van der Waals surface area (Å²) in [5.74, 6) is 0. The van der Waals surface area contributed by atoms with Crippen LogP contribution >= 0.6 is 34.8 Å². The highest BCUT2D eigenvalue weighted by Crippen LogP contribution is 2.32. The van der Waals surface area contributed by atoms with Gasteiger partial charge in [0.25, 0.3) is 0 Å². The number of hydrogen-bond acceptors (Lipinski definition) is 2. The van der Waals surface area contributed by atoms with Crippen molar-refractivity contribution >= 4 is 40.5 Å². The number of nitrogens with one attached hydrogen (secondary N) is 1. The fraction of sp³-hybridized carbons (Fsp3) is 0.250. The summed E-state index contributed by atoms with van der Waals surface area (Å²) in [5.41, 5.74) is 1.95. The van der Waals surface area contributed by atoms with Gasteiger partial charge in [-0.25, -0.2) is 0 Å². The average Bonchev–Trinajstić information content (AvgIpc) is 2.71. The van der Waals surface area contributed by atoms with E-state index in [9.17, 15) is 0 Å². The minimum Gasteiger partial charge on any atom is -0.383 e. The molecule has 1 aromatic carbocycles. The molecule has 2 aromatic rings. The van der Waals surface area contributed by atoms with Crippen LogP contribution in [0.3, 0.4) is 0 Å². The maximum Gasteiger partial charge on any atom is 0.0653 e. The Hall–Kier alpha value is -0.900. The van der Waals surface area contributed by atoms with Crippen molar-refractivity contribution in [3.05, 3.63) is 45.2 Å². The zero-order valence-electron chi connectivity index (χ0n) is 9.75. The molecule has 0 bridgehead atoms. The molecule has 0 atom stereocenters. The summed E-state index contributed by atoms with van der Waals surface area (Å²) in [4.78, 5) is 0. The largest absolute Gasteiger partial charge is 0.383 e. The number of nitrogens with zero attached hydrogens (tertiary/aromatic N) is 2. The maximum absolute atomic E-state index is 6.07. The SMILES string of the molecule is Cn1cc(CCNc2cc(Cl)c(Cl)cc2Cl)cn1. The number of halogens is 3. The van der Waals surface area contributed by atoms with Gasteiger partial charge in [0, 0.05) is 19.8 Å². The van der Waals surface area contributed by atoms with Crippen molar-refractivity contribution < 1.29 is 0 Å². The molecule has 1 aromatic heterocycles. The molecule has 0 saturated heterocycles. The summed E-state index contributed by atoms with van der Waals surface area (Å²) in [6.07, 6.45) is 4.70. The van der Waals surface area contributed by atoms with Crippen LogP contribution in [0.5, 0.6) is 0 Å². The van der Waals surface area contributed by atoms with Crippen molar-refractivity contribution in [3.63, 3.8) is 0 Å². The molecular formula is C12H12Cl3N3. The normalized spacial score (nSPS) is 10.7. The Morgan fingerprint density at radius 3 is 2.56 bits per heavy atom. The molecule has 96 valence electrons. The van der Waals surface area contributed by atoms with Crippen molar-refractivity contribution in [1.29, 1.82) is 0 Å². The molecule has 0 amide bonds. The van der Waals surface area contributed by atoms with Crippen LogP contribution in [0.25, 0.3) is 0 Å². The van der Waals surface area contributed by atoms with E-state index in [-0.39, 0.29) is 0 Å². The number of rotatable bonds is 4. The molecule has 0 fully saturated rings. The third kappa shape index (κ3) is 3.31. The Labute approximate surface area is 121 Å². The highest BCUT2D eigenvalue weighted by molar-refractivity contribution is 6.44. The first-order chi connectivity index (χ1) is 8.56. The first-order valence-electron chi connectivity index (χ1n) is 5.42. The van der Waals surface area contributed by atoms with Crippen molar-refractivity contribution in [3.8, 4) is 0 Å². The van der Waals surface area contributed by atoms with Gasteiger partial charge in [-0.15, -0.1) is 0 Å². The second-order valence-electron chi connectivity index (χ2n) is 3.95. The minimum atomic E-state index is 0.458. The minimum absolute atomic E-state index is 0.458. The molecule has 0 aliphatic heterocycles. The average molecular weight is 305 g/mol. The molecule has 0 radical (unpaired) electrons. The van der Waals surface area contributed by atoms with E-state index in [0.717, 1.165) is 18.7 Å². The standard InChI is InChI=1S/C12H12Cl3N3/c1-18-7-8(6-17-18)2-3-16-12-5-10(14)9(13)4-11(12)15/h4-7,16H,2-3H2,1H3. The van der Waals surface area contributed by atoms with Gasteiger partial charge in [-0.1, -0.05) is 34.8 Å². The second-order valence-corrected chi connectivity index (χ2v) is 5.17. The molecule has 6 heteroatoms. The molecule has 0 aliphatic carbocycles. The van der Waals surface area contributed by atoms with Crippen molar-refractivity contribution in [2.45, 2.75) is 6.42 Å². The van der Waals surface area contributed by atoms with Gasteiger partial charge >= 0.3 is 0 Å². The Kier molecular flexibility index (Phi) is 4.38. The van der Waals surface area contributed by atoms with Gasteiger partial charge < -0.3 is 5.32 Å². The summed E-state index contributed by atoms with van der Waals surface area (Å²) in [6, 6.07) is 3.37. The van der Waals surface area contributed by atoms with Crippen LogP contribution < -0.4 is 5.32 Å². The van der Waals surface area contributed by atoms with E-state index >= 15 is 0 Å². The van der Waals surface area contributed by atoms with E-state index in [4.69, 9.17) is 34.8 Å². The van der Waals surface area contributed by atoms with Gasteiger partial charge in [0.15, 0.2) is 0 Å². The molecular weight excluding hydrogens is 293 g/mol. The zero-order valence-corrected chi connectivity index (χ0v) is 12.0. The van der Waals surface area contributed by atoms with Gasteiger partial charge in [0.1, 0.15) is 0 Å². The molecule has 2 rings (SSSR count). The van der Waals surface area contributed by atoms with Crippen molar-refractivity contribution in [2.75, 3.05) is 11.9 Å². The van der Waals surface area contributed by atoms with E-state index in [1.165, 1.54) is 5.56 Å². The number of hydrogen-bond donors (Lipinski definition) is 1. The van der Waals surface area contributed by atoms with E-state index in [1.54, 1.807) is 16.8 Å². The van der Waals surface area contributed by atoms with Crippen molar-refractivity contribution in [2.24, 2.45) is 7.05 Å². The van der Waals surface area contributed by atoms with Crippen molar-refractivity contribution in [1.82, 2.24) is 9.78 Å². The quantitative estimate of drug-likeness (QED) is 0.864. The smallest absolute Gasteiger partial charge is 0.0653 e. The molecule has 0 unspecified atom stereocenters. The third-order valence-corrected chi connectivity index (χ3v) is 3.53. The van der Waals surface area contributed by atoms with Crippen LogP contribution in [-0.2, 0) is 13.5 Å². The monoisotopic (exact) mass is 303 g/mol. The first kappa shape index (κ1) is 13.5. The molecule has 3 nitrogen and oxygen atoms in total. The Balaban J connectivity index is 1.96. The van der Waals surface area contributed by atoms with Crippen LogP contribution in [0.4, 0.5) is 5.69 Å². The summed E-state index contributed by atoms with van der Waals surface area (Å²) in [5, 5.41) is 8.85. The summed E-state index contributed by atoms with van der Waals surface area (Å²) in [7, 11) is 1.90. The van der Waals surface area contributed by atoms with E-state index in [0.29, 0.717) is 15.1 Å². The predicted octanol–water partition coefficient (Wildman–Crippen LogP) is 4.03. The summed E-state index contributed by atoms with van der Waals surface area (Å²) in [6.45, 7) is 0.753. The van der Waals surface area contributed by atoms with Crippen LogP contribution in [0.1, 0.15) is 5.56 Å². The zero-order chi connectivity index (χ0) is 13.1. The number of benzene rings is 1. The fourth-order valence-electron chi connectivity index (χ4n) is 1.60. The lowest BCUT2D eigenvalue weighted by molar-refractivity contribution is 0.767. The maximum atomic E-state index is 6.07. The molecule has 1 N–H and O–H groups in total. The predicted molar refractivity (Wildman–Crippen MR) is 76.9 cm³/mol. The number of aromatic nitrogens is 2.